The quantitative estimate of drug-likeness (QED) is 0.613. The summed E-state index contributed by atoms with van der Waals surface area (Å²) in [7, 11) is 0. The highest BCUT2D eigenvalue weighted by molar-refractivity contribution is 5.01. The van der Waals surface area contributed by atoms with Gasteiger partial charge in [-0.1, -0.05) is 13.0 Å². The van der Waals surface area contributed by atoms with Crippen LogP contribution in [-0.4, -0.2) is 24.5 Å². The molecule has 0 saturated heterocycles. The van der Waals surface area contributed by atoms with Crippen LogP contribution in [-0.2, 0) is 0 Å². The minimum atomic E-state index is 0.0606. The Labute approximate surface area is 73.2 Å². The van der Waals surface area contributed by atoms with Crippen LogP contribution in [0.25, 0.3) is 0 Å². The molecule has 2 aliphatic rings. The molecule has 1 heterocycles. The fraction of sp³-hybridized carbons (Fsp3) is 0.800. The Kier molecular flexibility index (Phi) is 1.95. The normalized spacial score (nSPS) is 28.3. The molecule has 68 valence electrons. The molecule has 2 heteroatoms. The van der Waals surface area contributed by atoms with Crippen LogP contribution >= 0.6 is 0 Å². The number of halogens is 1. The smallest absolute Gasteiger partial charge is 0.110 e. The number of hydrogen-bond acceptors (Lipinski definition) is 1. The van der Waals surface area contributed by atoms with E-state index in [1.165, 1.54) is 12.8 Å². The highest BCUT2D eigenvalue weighted by atomic mass is 19.1. The summed E-state index contributed by atoms with van der Waals surface area (Å²) in [6, 6.07) is 0. The first-order valence-electron chi connectivity index (χ1n) is 4.75. The zero-order valence-electron chi connectivity index (χ0n) is 7.65. The van der Waals surface area contributed by atoms with Gasteiger partial charge in [0.2, 0.25) is 0 Å². The second-order valence-corrected chi connectivity index (χ2v) is 4.46. The predicted molar refractivity (Wildman–Crippen MR) is 47.6 cm³/mol. The fourth-order valence-electron chi connectivity index (χ4n) is 1.81. The van der Waals surface area contributed by atoms with Crippen molar-refractivity contribution in [1.82, 2.24) is 4.90 Å². The van der Waals surface area contributed by atoms with Gasteiger partial charge in [0.05, 0.1) is 0 Å². The van der Waals surface area contributed by atoms with Crippen molar-refractivity contribution in [3.63, 3.8) is 0 Å². The maximum absolute atomic E-state index is 12.8. The van der Waals surface area contributed by atoms with Crippen molar-refractivity contribution in [2.24, 2.45) is 5.41 Å². The summed E-state index contributed by atoms with van der Waals surface area (Å²) in [6.45, 7) is 4.98. The topological polar surface area (TPSA) is 3.24 Å². The Morgan fingerprint density at radius 1 is 1.58 bits per heavy atom. The lowest BCUT2D eigenvalue weighted by Crippen LogP contribution is -2.33. The molecule has 0 aromatic carbocycles. The van der Waals surface area contributed by atoms with Crippen molar-refractivity contribution in [2.45, 2.75) is 26.2 Å². The van der Waals surface area contributed by atoms with Gasteiger partial charge in [0, 0.05) is 19.6 Å². The largest absolute Gasteiger partial charge is 0.296 e. The average molecular weight is 169 g/mol. The van der Waals surface area contributed by atoms with E-state index in [-0.39, 0.29) is 5.83 Å². The van der Waals surface area contributed by atoms with E-state index in [0.29, 0.717) is 12.0 Å². The highest BCUT2D eigenvalue weighted by Crippen LogP contribution is 2.45. The molecule has 0 atom stereocenters. The van der Waals surface area contributed by atoms with Crippen LogP contribution in [0.1, 0.15) is 26.2 Å². The highest BCUT2D eigenvalue weighted by Gasteiger charge is 2.38. The second kappa shape index (κ2) is 2.84. The minimum absolute atomic E-state index is 0.0606. The first-order chi connectivity index (χ1) is 5.68. The lowest BCUT2D eigenvalue weighted by atomic mass is 10.1. The van der Waals surface area contributed by atoms with Crippen molar-refractivity contribution >= 4 is 0 Å². The van der Waals surface area contributed by atoms with Crippen LogP contribution in [0.3, 0.4) is 0 Å². The Morgan fingerprint density at radius 2 is 2.33 bits per heavy atom. The molecule has 1 fully saturated rings. The molecule has 1 aliphatic heterocycles. The third-order valence-electron chi connectivity index (χ3n) is 2.89. The Hall–Kier alpha value is -0.370. The summed E-state index contributed by atoms with van der Waals surface area (Å²) >= 11 is 0. The van der Waals surface area contributed by atoms with E-state index >= 15 is 0 Å². The maximum atomic E-state index is 12.8. The van der Waals surface area contributed by atoms with E-state index in [4.69, 9.17) is 0 Å². The van der Waals surface area contributed by atoms with Crippen molar-refractivity contribution in [1.29, 1.82) is 0 Å². The molecule has 0 spiro atoms. The van der Waals surface area contributed by atoms with Crippen LogP contribution in [0, 0.1) is 5.41 Å². The molecule has 1 aliphatic carbocycles. The number of rotatable bonds is 2. The van der Waals surface area contributed by atoms with Crippen LogP contribution in [0.2, 0.25) is 0 Å². The average Bonchev–Trinajstić information content (AvgIpc) is 2.67. The summed E-state index contributed by atoms with van der Waals surface area (Å²) in [5.41, 5.74) is 0.525. The summed E-state index contributed by atoms with van der Waals surface area (Å²) in [6.07, 6.45) is 5.26. The third-order valence-corrected chi connectivity index (χ3v) is 2.89. The molecule has 1 nitrogen and oxygen atoms in total. The zero-order valence-corrected chi connectivity index (χ0v) is 7.65. The Morgan fingerprint density at radius 3 is 2.92 bits per heavy atom. The molecule has 0 aromatic rings. The van der Waals surface area contributed by atoms with Gasteiger partial charge in [-0.2, -0.15) is 0 Å². The van der Waals surface area contributed by atoms with E-state index in [9.17, 15) is 4.39 Å². The van der Waals surface area contributed by atoms with E-state index < -0.39 is 0 Å². The van der Waals surface area contributed by atoms with Crippen molar-refractivity contribution in [3.05, 3.63) is 11.9 Å². The van der Waals surface area contributed by atoms with Gasteiger partial charge in [0.25, 0.3) is 0 Å². The molecule has 0 aromatic heterocycles. The van der Waals surface area contributed by atoms with Gasteiger partial charge in [0.15, 0.2) is 0 Å². The SMILES string of the molecule is CC1(CN2CCC=C(F)C2)CC1. The maximum Gasteiger partial charge on any atom is 0.110 e. The van der Waals surface area contributed by atoms with Crippen LogP contribution in [0.4, 0.5) is 4.39 Å². The zero-order chi connectivity index (χ0) is 8.60. The lowest BCUT2D eigenvalue weighted by molar-refractivity contribution is 0.224. The molecule has 2 rings (SSSR count). The van der Waals surface area contributed by atoms with Gasteiger partial charge in [-0.25, -0.2) is 4.39 Å². The Bertz CT molecular complexity index is 206. The summed E-state index contributed by atoms with van der Waals surface area (Å²) in [5, 5.41) is 0. The van der Waals surface area contributed by atoms with Crippen molar-refractivity contribution < 1.29 is 4.39 Å². The standard InChI is InChI=1S/C10H16FN/c1-10(4-5-10)8-12-6-2-3-9(11)7-12/h3H,2,4-8H2,1H3. The first-order valence-corrected chi connectivity index (χ1v) is 4.75. The van der Waals surface area contributed by atoms with Crippen molar-refractivity contribution in [3.8, 4) is 0 Å². The van der Waals surface area contributed by atoms with Gasteiger partial charge in [-0.15, -0.1) is 0 Å². The molecule has 0 amide bonds. The van der Waals surface area contributed by atoms with Crippen LogP contribution in [0.15, 0.2) is 11.9 Å². The summed E-state index contributed by atoms with van der Waals surface area (Å²) in [4.78, 5) is 2.24. The van der Waals surface area contributed by atoms with Gasteiger partial charge in [-0.05, 0) is 24.7 Å². The van der Waals surface area contributed by atoms with E-state index in [1.807, 2.05) is 0 Å². The minimum Gasteiger partial charge on any atom is -0.296 e. The van der Waals surface area contributed by atoms with Gasteiger partial charge in [-0.3, -0.25) is 4.90 Å². The van der Waals surface area contributed by atoms with Gasteiger partial charge < -0.3 is 0 Å². The second-order valence-electron chi connectivity index (χ2n) is 4.46. The van der Waals surface area contributed by atoms with E-state index in [1.54, 1.807) is 6.08 Å². The molecule has 0 bridgehead atoms. The Balaban J connectivity index is 1.85. The fourth-order valence-corrected chi connectivity index (χ4v) is 1.81. The monoisotopic (exact) mass is 169 g/mol. The van der Waals surface area contributed by atoms with Crippen molar-refractivity contribution in [2.75, 3.05) is 19.6 Å². The number of nitrogens with zero attached hydrogens (tertiary/aromatic N) is 1. The molecular formula is C10H16FN. The van der Waals surface area contributed by atoms with Gasteiger partial charge in [0.1, 0.15) is 5.83 Å². The molecule has 1 saturated carbocycles. The molecular weight excluding hydrogens is 153 g/mol. The molecule has 0 N–H and O–H groups in total. The van der Waals surface area contributed by atoms with E-state index in [2.05, 4.69) is 11.8 Å². The summed E-state index contributed by atoms with van der Waals surface area (Å²) in [5.74, 6) is 0.0606. The van der Waals surface area contributed by atoms with E-state index in [0.717, 1.165) is 19.5 Å². The molecule has 12 heavy (non-hydrogen) atoms. The molecule has 0 radical (unpaired) electrons. The van der Waals surface area contributed by atoms with Crippen LogP contribution < -0.4 is 0 Å². The summed E-state index contributed by atoms with van der Waals surface area (Å²) < 4.78 is 12.8. The van der Waals surface area contributed by atoms with Crippen LogP contribution in [0.5, 0.6) is 0 Å². The van der Waals surface area contributed by atoms with Gasteiger partial charge >= 0.3 is 0 Å². The molecule has 0 unspecified atom stereocenters. The lowest BCUT2D eigenvalue weighted by Gasteiger charge is -2.26. The third kappa shape index (κ3) is 1.86. The predicted octanol–water partition coefficient (Wildman–Crippen LogP) is 2.35. The number of hydrogen-bond donors (Lipinski definition) is 0. The first kappa shape index (κ1) is 8.24.